The molecule has 1 N–H and O–H groups in total. The van der Waals surface area contributed by atoms with Gasteiger partial charge in [-0.3, -0.25) is 9.59 Å². The van der Waals surface area contributed by atoms with E-state index in [0.29, 0.717) is 67.6 Å². The van der Waals surface area contributed by atoms with Gasteiger partial charge in [0.25, 0.3) is 5.56 Å². The van der Waals surface area contributed by atoms with Crippen LogP contribution in [0.3, 0.4) is 0 Å². The van der Waals surface area contributed by atoms with Gasteiger partial charge in [0.2, 0.25) is 5.91 Å². The van der Waals surface area contributed by atoms with Crippen molar-refractivity contribution < 1.29 is 14.3 Å². The normalized spacial score (nSPS) is 15.1. The van der Waals surface area contributed by atoms with Gasteiger partial charge in [0.05, 0.1) is 31.1 Å². The van der Waals surface area contributed by atoms with Crippen molar-refractivity contribution in [2.45, 2.75) is 46.1 Å². The Hall–Kier alpha value is -3.20. The highest BCUT2D eigenvalue weighted by Gasteiger charge is 2.28. The van der Waals surface area contributed by atoms with Gasteiger partial charge in [0, 0.05) is 13.1 Å². The van der Waals surface area contributed by atoms with Gasteiger partial charge < -0.3 is 19.4 Å². The SMILES string of the molecule is CCCOc1ccccc1-c1nc2c(CCC)nn([C@H](C)C(=O)N3CCOCC3)c2c(=O)[nH]1. The molecule has 33 heavy (non-hydrogen) atoms. The lowest BCUT2D eigenvalue weighted by molar-refractivity contribution is -0.138. The van der Waals surface area contributed by atoms with Gasteiger partial charge in [0.15, 0.2) is 5.52 Å². The van der Waals surface area contributed by atoms with Gasteiger partial charge in [-0.2, -0.15) is 5.10 Å². The van der Waals surface area contributed by atoms with Crippen LogP contribution in [0.5, 0.6) is 5.75 Å². The third-order valence-corrected chi connectivity index (χ3v) is 5.76. The molecule has 0 saturated carbocycles. The van der Waals surface area contributed by atoms with Crippen molar-refractivity contribution in [1.29, 1.82) is 0 Å². The summed E-state index contributed by atoms with van der Waals surface area (Å²) >= 11 is 0. The molecule has 3 heterocycles. The summed E-state index contributed by atoms with van der Waals surface area (Å²) < 4.78 is 12.8. The van der Waals surface area contributed by atoms with Crippen LogP contribution < -0.4 is 10.3 Å². The van der Waals surface area contributed by atoms with E-state index in [1.807, 2.05) is 31.2 Å². The largest absolute Gasteiger partial charge is 0.493 e. The molecule has 0 spiro atoms. The molecule has 1 amide bonds. The molecule has 9 nitrogen and oxygen atoms in total. The molecule has 1 aliphatic rings. The first-order valence-corrected chi connectivity index (χ1v) is 11.6. The number of carbonyl (C=O) groups is 1. The van der Waals surface area contributed by atoms with E-state index in [0.717, 1.165) is 18.4 Å². The number of aromatic amines is 1. The number of carbonyl (C=O) groups excluding carboxylic acids is 1. The molecule has 0 bridgehead atoms. The highest BCUT2D eigenvalue weighted by molar-refractivity contribution is 5.85. The number of ether oxygens (including phenoxy) is 2. The first-order chi connectivity index (χ1) is 16.0. The number of amides is 1. The molecule has 1 atom stereocenters. The third-order valence-electron chi connectivity index (χ3n) is 5.76. The first kappa shape index (κ1) is 23.0. The van der Waals surface area contributed by atoms with E-state index >= 15 is 0 Å². The Kier molecular flexibility index (Phi) is 7.08. The number of aromatic nitrogens is 4. The predicted octanol–water partition coefficient (Wildman–Crippen LogP) is 2.95. The summed E-state index contributed by atoms with van der Waals surface area (Å²) in [6.45, 7) is 8.56. The van der Waals surface area contributed by atoms with Gasteiger partial charge >= 0.3 is 0 Å². The number of aryl methyl sites for hydroxylation is 1. The highest BCUT2D eigenvalue weighted by Crippen LogP contribution is 2.29. The van der Waals surface area contributed by atoms with Crippen LogP contribution in [0.2, 0.25) is 0 Å². The minimum atomic E-state index is -0.620. The van der Waals surface area contributed by atoms with E-state index in [4.69, 9.17) is 14.5 Å². The Morgan fingerprint density at radius 3 is 2.70 bits per heavy atom. The Morgan fingerprint density at radius 2 is 1.97 bits per heavy atom. The van der Waals surface area contributed by atoms with Gasteiger partial charge in [-0.25, -0.2) is 9.67 Å². The van der Waals surface area contributed by atoms with E-state index in [1.165, 1.54) is 4.68 Å². The van der Waals surface area contributed by atoms with Crippen LogP contribution in [-0.2, 0) is 16.0 Å². The van der Waals surface area contributed by atoms with Crippen LogP contribution in [0, 0.1) is 0 Å². The number of hydrogen-bond acceptors (Lipinski definition) is 6. The van der Waals surface area contributed by atoms with Gasteiger partial charge in [-0.15, -0.1) is 0 Å². The van der Waals surface area contributed by atoms with Crippen LogP contribution in [-0.4, -0.2) is 63.5 Å². The van der Waals surface area contributed by atoms with E-state index in [-0.39, 0.29) is 11.5 Å². The van der Waals surface area contributed by atoms with Crippen LogP contribution >= 0.6 is 0 Å². The van der Waals surface area contributed by atoms with Crippen molar-refractivity contribution in [2.24, 2.45) is 0 Å². The first-order valence-electron chi connectivity index (χ1n) is 11.6. The van der Waals surface area contributed by atoms with Gasteiger partial charge in [0.1, 0.15) is 23.1 Å². The zero-order valence-electron chi connectivity index (χ0n) is 19.5. The average Bonchev–Trinajstić information content (AvgIpc) is 3.21. The van der Waals surface area contributed by atoms with E-state index in [1.54, 1.807) is 11.8 Å². The molecular formula is C24H31N5O4. The fourth-order valence-electron chi connectivity index (χ4n) is 4.07. The molecule has 1 saturated heterocycles. The fourth-order valence-corrected chi connectivity index (χ4v) is 4.07. The van der Waals surface area contributed by atoms with Crippen LogP contribution in [0.15, 0.2) is 29.1 Å². The highest BCUT2D eigenvalue weighted by atomic mass is 16.5. The van der Waals surface area contributed by atoms with E-state index < -0.39 is 6.04 Å². The minimum absolute atomic E-state index is 0.0764. The zero-order valence-corrected chi connectivity index (χ0v) is 19.5. The second-order valence-corrected chi connectivity index (χ2v) is 8.21. The van der Waals surface area contributed by atoms with Gasteiger partial charge in [-0.05, 0) is 31.9 Å². The molecule has 9 heteroatoms. The molecule has 4 rings (SSSR count). The maximum Gasteiger partial charge on any atom is 0.277 e. The number of para-hydroxylation sites is 1. The zero-order chi connectivity index (χ0) is 23.4. The summed E-state index contributed by atoms with van der Waals surface area (Å²) in [7, 11) is 0. The maximum absolute atomic E-state index is 13.3. The van der Waals surface area contributed by atoms with Crippen molar-refractivity contribution in [3.63, 3.8) is 0 Å². The maximum atomic E-state index is 13.3. The standard InChI is InChI=1S/C24H31N5O4/c1-4-8-18-20-21(29(27-18)16(3)24(31)28-11-14-32-15-12-28)23(30)26-22(25-20)17-9-6-7-10-19(17)33-13-5-2/h6-7,9-10,16H,4-5,8,11-15H2,1-3H3,(H,25,26,30)/t16-/m1/s1. The smallest absolute Gasteiger partial charge is 0.277 e. The summed E-state index contributed by atoms with van der Waals surface area (Å²) in [5.41, 5.74) is 1.97. The Balaban J connectivity index is 1.79. The second kappa shape index (κ2) is 10.2. The molecule has 1 aromatic carbocycles. The monoisotopic (exact) mass is 453 g/mol. The lowest BCUT2D eigenvalue weighted by Crippen LogP contribution is -2.44. The number of nitrogens with zero attached hydrogens (tertiary/aromatic N) is 4. The average molecular weight is 454 g/mol. The molecule has 3 aromatic rings. The third kappa shape index (κ3) is 4.64. The van der Waals surface area contributed by atoms with Crippen molar-refractivity contribution in [3.8, 4) is 17.1 Å². The number of rotatable bonds is 8. The Bertz CT molecular complexity index is 1180. The molecule has 1 fully saturated rings. The Labute approximate surface area is 192 Å². The van der Waals surface area contributed by atoms with Crippen molar-refractivity contribution in [1.82, 2.24) is 24.6 Å². The number of fused-ring (bicyclic) bond motifs is 1. The van der Waals surface area contributed by atoms with Crippen LogP contribution in [0.4, 0.5) is 0 Å². The van der Waals surface area contributed by atoms with Crippen LogP contribution in [0.25, 0.3) is 22.4 Å². The topological polar surface area (TPSA) is 102 Å². The molecular weight excluding hydrogens is 422 g/mol. The summed E-state index contributed by atoms with van der Waals surface area (Å²) in [4.78, 5) is 35.9. The summed E-state index contributed by atoms with van der Waals surface area (Å²) in [6, 6.07) is 6.91. The van der Waals surface area contributed by atoms with Crippen molar-refractivity contribution in [3.05, 3.63) is 40.3 Å². The quantitative estimate of drug-likeness (QED) is 0.563. The summed E-state index contributed by atoms with van der Waals surface area (Å²) in [5, 5.41) is 4.69. The Morgan fingerprint density at radius 1 is 1.21 bits per heavy atom. The molecule has 0 unspecified atom stereocenters. The number of H-pyrrole nitrogens is 1. The van der Waals surface area contributed by atoms with Crippen molar-refractivity contribution in [2.75, 3.05) is 32.9 Å². The number of benzene rings is 1. The van der Waals surface area contributed by atoms with Crippen molar-refractivity contribution >= 4 is 16.9 Å². The second-order valence-electron chi connectivity index (χ2n) is 8.21. The summed E-state index contributed by atoms with van der Waals surface area (Å²) in [6.07, 6.45) is 2.38. The molecule has 1 aliphatic heterocycles. The molecule has 2 aromatic heterocycles. The number of nitrogens with one attached hydrogen (secondary N) is 1. The minimum Gasteiger partial charge on any atom is -0.493 e. The summed E-state index contributed by atoms with van der Waals surface area (Å²) in [5.74, 6) is 1.03. The lowest BCUT2D eigenvalue weighted by Gasteiger charge is -2.29. The molecule has 176 valence electrons. The molecule has 0 radical (unpaired) electrons. The van der Waals surface area contributed by atoms with E-state index in [9.17, 15) is 9.59 Å². The van der Waals surface area contributed by atoms with Gasteiger partial charge in [-0.1, -0.05) is 32.4 Å². The molecule has 0 aliphatic carbocycles. The van der Waals surface area contributed by atoms with Crippen LogP contribution in [0.1, 0.15) is 45.3 Å². The van der Waals surface area contributed by atoms with E-state index in [2.05, 4.69) is 17.0 Å². The number of morpholine rings is 1. The lowest BCUT2D eigenvalue weighted by atomic mass is 10.1. The number of hydrogen-bond donors (Lipinski definition) is 1. The fraction of sp³-hybridized carbons (Fsp3) is 0.500. The predicted molar refractivity (Wildman–Crippen MR) is 125 cm³/mol.